The van der Waals surface area contributed by atoms with E-state index in [1.165, 1.54) is 12.1 Å². The number of aromatic nitrogens is 1. The number of rotatable bonds is 4. The van der Waals surface area contributed by atoms with E-state index in [0.29, 0.717) is 28.3 Å². The van der Waals surface area contributed by atoms with Gasteiger partial charge in [-0.1, -0.05) is 24.3 Å². The number of anilines is 2. The summed E-state index contributed by atoms with van der Waals surface area (Å²) in [5, 5.41) is 4.65. The molecule has 33 heavy (non-hydrogen) atoms. The largest absolute Gasteiger partial charge is 0.322 e. The molecule has 1 amide bonds. The molecule has 0 aliphatic carbocycles. The molecule has 1 aliphatic rings. The highest BCUT2D eigenvalue weighted by atomic mass is 32.2. The van der Waals surface area contributed by atoms with Crippen LogP contribution in [-0.4, -0.2) is 27.4 Å². The van der Waals surface area contributed by atoms with E-state index >= 15 is 0 Å². The molecule has 7 heteroatoms. The molecule has 0 saturated carbocycles. The molecular weight excluding hydrogens is 437 g/mol. The van der Waals surface area contributed by atoms with Crippen molar-refractivity contribution >= 4 is 39.0 Å². The quantitative estimate of drug-likeness (QED) is 0.435. The van der Waals surface area contributed by atoms with Crippen LogP contribution in [0.15, 0.2) is 79.0 Å². The first-order valence-electron chi connectivity index (χ1n) is 10.8. The van der Waals surface area contributed by atoms with Crippen LogP contribution in [-0.2, 0) is 11.0 Å². The van der Waals surface area contributed by atoms with E-state index < -0.39 is 16.8 Å². The molecule has 4 aromatic rings. The molecule has 5 rings (SSSR count). The fourth-order valence-electron chi connectivity index (χ4n) is 4.04. The number of amides is 1. The highest BCUT2D eigenvalue weighted by Gasteiger charge is 2.19. The zero-order valence-corrected chi connectivity index (χ0v) is 18.6. The first-order chi connectivity index (χ1) is 16.1. The Balaban J connectivity index is 1.39. The van der Waals surface area contributed by atoms with Gasteiger partial charge >= 0.3 is 0 Å². The van der Waals surface area contributed by atoms with Gasteiger partial charge in [0.15, 0.2) is 0 Å². The molecule has 166 valence electrons. The second-order valence-corrected chi connectivity index (χ2v) is 9.40. The second kappa shape index (κ2) is 9.11. The zero-order valence-electron chi connectivity index (χ0n) is 17.8. The van der Waals surface area contributed by atoms with Gasteiger partial charge in [-0.25, -0.2) is 8.60 Å². The van der Waals surface area contributed by atoms with Crippen LogP contribution in [0.3, 0.4) is 0 Å². The normalized spacial score (nSPS) is 16.0. The van der Waals surface area contributed by atoms with Gasteiger partial charge in [-0.2, -0.15) is 0 Å². The van der Waals surface area contributed by atoms with Gasteiger partial charge in [0.05, 0.1) is 5.69 Å². The number of pyridine rings is 1. The van der Waals surface area contributed by atoms with Crippen LogP contribution in [0.2, 0.25) is 0 Å². The number of nitrogens with zero attached hydrogens (tertiary/aromatic N) is 2. The van der Waals surface area contributed by atoms with E-state index in [1.54, 1.807) is 24.4 Å². The number of nitrogens with one attached hydrogen (secondary N) is 1. The smallest absolute Gasteiger partial charge is 0.255 e. The van der Waals surface area contributed by atoms with Gasteiger partial charge in [0.25, 0.3) is 5.91 Å². The number of halogens is 1. The van der Waals surface area contributed by atoms with Crippen LogP contribution in [0.5, 0.6) is 0 Å². The summed E-state index contributed by atoms with van der Waals surface area (Å²) in [5.41, 5.74) is 2.65. The molecule has 3 aromatic carbocycles. The maximum absolute atomic E-state index is 14.7. The Hall–Kier alpha value is -3.58. The third-order valence-corrected chi connectivity index (χ3v) is 7.27. The Bertz CT molecular complexity index is 1350. The van der Waals surface area contributed by atoms with Crippen LogP contribution in [0, 0.1) is 5.82 Å². The number of carbonyl (C=O) groups excluding carboxylic acids is 1. The molecule has 1 N–H and O–H groups in total. The summed E-state index contributed by atoms with van der Waals surface area (Å²) in [5.74, 6) is -0.0405. The Labute approximate surface area is 193 Å². The Morgan fingerprint density at radius 3 is 2.64 bits per heavy atom. The molecule has 0 spiro atoms. The molecule has 1 aromatic heterocycles. The van der Waals surface area contributed by atoms with Gasteiger partial charge in [-0.3, -0.25) is 14.1 Å². The number of benzene rings is 3. The fraction of sp³-hybridized carbons (Fsp3) is 0.154. The topological polar surface area (TPSA) is 62.3 Å². The van der Waals surface area contributed by atoms with Crippen molar-refractivity contribution in [1.82, 2.24) is 4.98 Å². The van der Waals surface area contributed by atoms with E-state index in [2.05, 4.69) is 10.3 Å². The van der Waals surface area contributed by atoms with Crippen molar-refractivity contribution in [3.05, 3.63) is 90.4 Å². The third-order valence-electron chi connectivity index (χ3n) is 5.75. The highest BCUT2D eigenvalue weighted by molar-refractivity contribution is 7.86. The Kier molecular flexibility index (Phi) is 5.88. The van der Waals surface area contributed by atoms with Crippen molar-refractivity contribution in [2.24, 2.45) is 0 Å². The predicted octanol–water partition coefficient (Wildman–Crippen LogP) is 5.56. The standard InChI is InChI=1S/C26H22FN3O2S/c27-24-12-9-20(17-23(24)25-22-6-2-1-5-18(22)13-14-28-25)29-26(31)19-7-10-21(11-8-19)30-15-3-4-16-33(30)32/h1-2,5-14,17H,3-4,15-16H2,(H,29,31). The molecule has 2 heterocycles. The molecule has 1 aliphatic heterocycles. The molecule has 1 unspecified atom stereocenters. The minimum absolute atomic E-state index is 0.301. The summed E-state index contributed by atoms with van der Waals surface area (Å²) in [6, 6.07) is 21.1. The third kappa shape index (κ3) is 4.36. The van der Waals surface area contributed by atoms with Crippen molar-refractivity contribution < 1.29 is 13.4 Å². The van der Waals surface area contributed by atoms with Crippen LogP contribution in [0.4, 0.5) is 15.8 Å². The van der Waals surface area contributed by atoms with Gasteiger partial charge in [0, 0.05) is 46.4 Å². The highest BCUT2D eigenvalue weighted by Crippen LogP contribution is 2.30. The van der Waals surface area contributed by atoms with E-state index in [0.717, 1.165) is 35.8 Å². The minimum Gasteiger partial charge on any atom is -0.322 e. The molecule has 1 fully saturated rings. The number of hydrogen-bond acceptors (Lipinski definition) is 3. The van der Waals surface area contributed by atoms with Crippen molar-refractivity contribution in [2.45, 2.75) is 12.8 Å². The lowest BCUT2D eigenvalue weighted by atomic mass is 10.0. The van der Waals surface area contributed by atoms with E-state index in [1.807, 2.05) is 46.8 Å². The van der Waals surface area contributed by atoms with Crippen molar-refractivity contribution in [3.63, 3.8) is 0 Å². The molecule has 5 nitrogen and oxygen atoms in total. The molecular formula is C26H22FN3O2S. The Morgan fingerprint density at radius 1 is 1.00 bits per heavy atom. The van der Waals surface area contributed by atoms with Gasteiger partial charge < -0.3 is 5.32 Å². The summed E-state index contributed by atoms with van der Waals surface area (Å²) in [6.45, 7) is 0.749. The van der Waals surface area contributed by atoms with E-state index in [4.69, 9.17) is 0 Å². The van der Waals surface area contributed by atoms with E-state index in [9.17, 15) is 13.4 Å². The lowest BCUT2D eigenvalue weighted by Gasteiger charge is -2.27. The second-order valence-electron chi connectivity index (χ2n) is 7.91. The molecule has 1 saturated heterocycles. The lowest BCUT2D eigenvalue weighted by Crippen LogP contribution is -2.32. The van der Waals surface area contributed by atoms with Crippen LogP contribution < -0.4 is 9.62 Å². The number of fused-ring (bicyclic) bond motifs is 1. The average Bonchev–Trinajstić information content (AvgIpc) is 2.85. The summed E-state index contributed by atoms with van der Waals surface area (Å²) < 4.78 is 28.8. The SMILES string of the molecule is O=C(Nc1ccc(F)c(-c2nccc3ccccc23)c1)c1ccc(N2CCCCS2=O)cc1. The zero-order chi connectivity index (χ0) is 22.8. The Morgan fingerprint density at radius 2 is 1.82 bits per heavy atom. The summed E-state index contributed by atoms with van der Waals surface area (Å²) >= 11 is 0. The van der Waals surface area contributed by atoms with Gasteiger partial charge in [-0.15, -0.1) is 0 Å². The van der Waals surface area contributed by atoms with Crippen molar-refractivity contribution in [2.75, 3.05) is 21.9 Å². The molecule has 0 bridgehead atoms. The molecule has 1 atom stereocenters. The number of hydrogen-bond donors (Lipinski definition) is 1. The van der Waals surface area contributed by atoms with Crippen molar-refractivity contribution in [1.29, 1.82) is 0 Å². The van der Waals surface area contributed by atoms with Crippen LogP contribution >= 0.6 is 0 Å². The maximum Gasteiger partial charge on any atom is 0.255 e. The first-order valence-corrected chi connectivity index (χ1v) is 12.1. The molecule has 0 radical (unpaired) electrons. The predicted molar refractivity (Wildman–Crippen MR) is 131 cm³/mol. The first kappa shape index (κ1) is 21.3. The number of carbonyl (C=O) groups is 1. The monoisotopic (exact) mass is 459 g/mol. The summed E-state index contributed by atoms with van der Waals surface area (Å²) in [4.78, 5) is 17.2. The summed E-state index contributed by atoms with van der Waals surface area (Å²) in [7, 11) is -1.02. The fourth-order valence-corrected chi connectivity index (χ4v) is 5.40. The lowest BCUT2D eigenvalue weighted by molar-refractivity contribution is 0.102. The van der Waals surface area contributed by atoms with Crippen LogP contribution in [0.1, 0.15) is 23.2 Å². The van der Waals surface area contributed by atoms with Gasteiger partial charge in [-0.05, 0) is 66.8 Å². The van der Waals surface area contributed by atoms with Gasteiger partial charge in [0.2, 0.25) is 0 Å². The van der Waals surface area contributed by atoms with Gasteiger partial charge in [0.1, 0.15) is 16.8 Å². The van der Waals surface area contributed by atoms with E-state index in [-0.39, 0.29) is 5.91 Å². The van der Waals surface area contributed by atoms with Crippen molar-refractivity contribution in [3.8, 4) is 11.3 Å². The summed E-state index contributed by atoms with van der Waals surface area (Å²) in [6.07, 6.45) is 3.63. The maximum atomic E-state index is 14.7. The minimum atomic E-state index is -1.02. The average molecular weight is 460 g/mol. The van der Waals surface area contributed by atoms with Crippen LogP contribution in [0.25, 0.3) is 22.0 Å².